The van der Waals surface area contributed by atoms with Crippen molar-refractivity contribution in [2.45, 2.75) is 6.54 Å². The van der Waals surface area contributed by atoms with E-state index in [4.69, 9.17) is 16.0 Å². The molecule has 0 saturated heterocycles. The van der Waals surface area contributed by atoms with E-state index in [2.05, 4.69) is 21.2 Å². The van der Waals surface area contributed by atoms with Crippen LogP contribution in [0.4, 0.5) is 11.6 Å². The number of nitrogens with one attached hydrogen (secondary N) is 1. The minimum atomic E-state index is -0.571. The number of anilines is 1. The summed E-state index contributed by atoms with van der Waals surface area (Å²) in [5, 5.41) is 14.1. The van der Waals surface area contributed by atoms with Crippen LogP contribution in [0.15, 0.2) is 39.2 Å². The molecular weight excluding hydrogens is 323 g/mol. The highest BCUT2D eigenvalue weighted by atomic mass is 79.9. The topological polar surface area (TPSA) is 68.3 Å². The van der Waals surface area contributed by atoms with Gasteiger partial charge in [0.05, 0.1) is 18.3 Å². The standard InChI is InChI=1S/C11H8BrClN2O3/c12-9-3-1-7(13)5-10(9)14-6-8-2-4-11(18-8)15(16)17/h1-5,14H,6H2. The second-order valence-electron chi connectivity index (χ2n) is 3.47. The van der Waals surface area contributed by atoms with Crippen LogP contribution in [0.1, 0.15) is 5.76 Å². The third-order valence-electron chi connectivity index (χ3n) is 2.21. The van der Waals surface area contributed by atoms with E-state index in [1.54, 1.807) is 18.2 Å². The van der Waals surface area contributed by atoms with Crippen molar-refractivity contribution in [3.63, 3.8) is 0 Å². The van der Waals surface area contributed by atoms with Crippen molar-refractivity contribution in [1.29, 1.82) is 0 Å². The van der Waals surface area contributed by atoms with Crippen LogP contribution in [-0.2, 0) is 6.54 Å². The van der Waals surface area contributed by atoms with Gasteiger partial charge < -0.3 is 9.73 Å². The molecule has 0 atom stereocenters. The van der Waals surface area contributed by atoms with Crippen molar-refractivity contribution in [3.05, 3.63) is 55.7 Å². The molecule has 2 rings (SSSR count). The van der Waals surface area contributed by atoms with Crippen LogP contribution in [-0.4, -0.2) is 4.92 Å². The van der Waals surface area contributed by atoms with Gasteiger partial charge in [0, 0.05) is 9.50 Å². The average Bonchev–Trinajstić information content (AvgIpc) is 2.79. The lowest BCUT2D eigenvalue weighted by Gasteiger charge is -2.06. The predicted octanol–water partition coefficient (Wildman–Crippen LogP) is 4.22. The number of rotatable bonds is 4. The third-order valence-corrected chi connectivity index (χ3v) is 3.14. The first-order valence-electron chi connectivity index (χ1n) is 4.98. The van der Waals surface area contributed by atoms with Gasteiger partial charge >= 0.3 is 5.88 Å². The Labute approximate surface area is 116 Å². The molecule has 5 nitrogen and oxygen atoms in total. The lowest BCUT2D eigenvalue weighted by atomic mass is 10.3. The lowest BCUT2D eigenvalue weighted by molar-refractivity contribution is -0.402. The Balaban J connectivity index is 2.06. The minimum absolute atomic E-state index is 0.267. The maximum Gasteiger partial charge on any atom is 0.433 e. The van der Waals surface area contributed by atoms with E-state index in [0.717, 1.165) is 10.2 Å². The quantitative estimate of drug-likeness (QED) is 0.673. The fourth-order valence-electron chi connectivity index (χ4n) is 1.38. The molecule has 0 amide bonds. The number of furan rings is 1. The molecular formula is C11H8BrClN2O3. The molecule has 1 aromatic carbocycles. The number of halogens is 2. The molecule has 1 N–H and O–H groups in total. The Morgan fingerprint density at radius 2 is 2.17 bits per heavy atom. The molecule has 0 aliphatic rings. The summed E-state index contributed by atoms with van der Waals surface area (Å²) < 4.78 is 5.88. The molecule has 1 aromatic heterocycles. The van der Waals surface area contributed by atoms with Crippen LogP contribution in [0, 0.1) is 10.1 Å². The molecule has 18 heavy (non-hydrogen) atoms. The Bertz CT molecular complexity index is 585. The summed E-state index contributed by atoms with van der Waals surface area (Å²) in [5.41, 5.74) is 0.793. The zero-order chi connectivity index (χ0) is 13.1. The minimum Gasteiger partial charge on any atom is -0.404 e. The largest absolute Gasteiger partial charge is 0.433 e. The van der Waals surface area contributed by atoms with E-state index in [9.17, 15) is 10.1 Å². The number of hydrogen-bond acceptors (Lipinski definition) is 4. The van der Waals surface area contributed by atoms with Crippen LogP contribution < -0.4 is 5.32 Å². The van der Waals surface area contributed by atoms with Crippen molar-refractivity contribution in [2.75, 3.05) is 5.32 Å². The van der Waals surface area contributed by atoms with Gasteiger partial charge in [-0.1, -0.05) is 11.6 Å². The average molecular weight is 332 g/mol. The molecule has 0 bridgehead atoms. The molecule has 0 fully saturated rings. The van der Waals surface area contributed by atoms with E-state index < -0.39 is 4.92 Å². The summed E-state index contributed by atoms with van der Waals surface area (Å²) in [5.74, 6) is 0.213. The third kappa shape index (κ3) is 3.02. The van der Waals surface area contributed by atoms with Gasteiger partial charge in [-0.25, -0.2) is 0 Å². The zero-order valence-corrected chi connectivity index (χ0v) is 11.4. The van der Waals surface area contributed by atoms with E-state index in [1.165, 1.54) is 6.07 Å². The van der Waals surface area contributed by atoms with Crippen LogP contribution in [0.2, 0.25) is 5.02 Å². The van der Waals surface area contributed by atoms with E-state index in [-0.39, 0.29) is 5.88 Å². The fraction of sp³-hybridized carbons (Fsp3) is 0.0909. The monoisotopic (exact) mass is 330 g/mol. The smallest absolute Gasteiger partial charge is 0.404 e. The molecule has 0 spiro atoms. The van der Waals surface area contributed by atoms with Crippen LogP contribution in [0.3, 0.4) is 0 Å². The predicted molar refractivity (Wildman–Crippen MR) is 71.8 cm³/mol. The summed E-state index contributed by atoms with van der Waals surface area (Å²) in [4.78, 5) is 9.88. The van der Waals surface area contributed by atoms with Crippen LogP contribution in [0.25, 0.3) is 0 Å². The van der Waals surface area contributed by atoms with Gasteiger partial charge in [0.25, 0.3) is 0 Å². The number of nitro groups is 1. The SMILES string of the molecule is O=[N+]([O-])c1ccc(CNc2cc(Cl)ccc2Br)o1. The first kappa shape index (κ1) is 12.9. The van der Waals surface area contributed by atoms with Gasteiger partial charge in [0.1, 0.15) is 10.7 Å². The number of nitrogens with zero attached hydrogens (tertiary/aromatic N) is 1. The van der Waals surface area contributed by atoms with Gasteiger partial charge in [-0.05, 0) is 40.2 Å². The second-order valence-corrected chi connectivity index (χ2v) is 4.77. The van der Waals surface area contributed by atoms with Crippen molar-refractivity contribution in [2.24, 2.45) is 0 Å². The zero-order valence-electron chi connectivity index (χ0n) is 9.02. The van der Waals surface area contributed by atoms with Crippen molar-refractivity contribution in [3.8, 4) is 0 Å². The fourth-order valence-corrected chi connectivity index (χ4v) is 1.93. The van der Waals surface area contributed by atoms with Gasteiger partial charge in [0.2, 0.25) is 0 Å². The summed E-state index contributed by atoms with van der Waals surface area (Å²) >= 11 is 9.24. The van der Waals surface area contributed by atoms with Gasteiger partial charge in [-0.15, -0.1) is 0 Å². The first-order valence-corrected chi connectivity index (χ1v) is 6.15. The Morgan fingerprint density at radius 1 is 1.39 bits per heavy atom. The van der Waals surface area contributed by atoms with Gasteiger partial charge in [-0.3, -0.25) is 10.1 Å². The molecule has 0 saturated carbocycles. The number of benzene rings is 1. The highest BCUT2D eigenvalue weighted by Crippen LogP contribution is 2.26. The van der Waals surface area contributed by atoms with Crippen LogP contribution >= 0.6 is 27.5 Å². The van der Waals surface area contributed by atoms with E-state index in [0.29, 0.717) is 17.3 Å². The summed E-state index contributed by atoms with van der Waals surface area (Å²) in [6, 6.07) is 8.21. The van der Waals surface area contributed by atoms with Crippen molar-refractivity contribution < 1.29 is 9.34 Å². The summed E-state index contributed by atoms with van der Waals surface area (Å²) in [6.45, 7) is 0.340. The van der Waals surface area contributed by atoms with Crippen molar-refractivity contribution >= 4 is 39.1 Å². The normalized spacial score (nSPS) is 10.3. The molecule has 0 radical (unpaired) electrons. The maximum atomic E-state index is 10.5. The van der Waals surface area contributed by atoms with Gasteiger partial charge in [0.15, 0.2) is 0 Å². The summed E-state index contributed by atoms with van der Waals surface area (Å²) in [6.07, 6.45) is 0. The molecule has 94 valence electrons. The highest BCUT2D eigenvalue weighted by Gasteiger charge is 2.11. The first-order chi connectivity index (χ1) is 8.56. The molecule has 2 aromatic rings. The molecule has 0 aliphatic carbocycles. The number of hydrogen-bond donors (Lipinski definition) is 1. The lowest BCUT2D eigenvalue weighted by Crippen LogP contribution is -1.98. The molecule has 7 heteroatoms. The maximum absolute atomic E-state index is 10.5. The molecule has 0 aliphatic heterocycles. The van der Waals surface area contributed by atoms with E-state index >= 15 is 0 Å². The van der Waals surface area contributed by atoms with Crippen molar-refractivity contribution in [1.82, 2.24) is 0 Å². The summed E-state index contributed by atoms with van der Waals surface area (Å²) in [7, 11) is 0. The molecule has 0 unspecified atom stereocenters. The van der Waals surface area contributed by atoms with Crippen LogP contribution in [0.5, 0.6) is 0 Å². The Kier molecular flexibility index (Phi) is 3.88. The van der Waals surface area contributed by atoms with Gasteiger partial charge in [-0.2, -0.15) is 0 Å². The Hall–Kier alpha value is -1.53. The van der Waals surface area contributed by atoms with E-state index in [1.807, 2.05) is 6.07 Å². The highest BCUT2D eigenvalue weighted by molar-refractivity contribution is 9.10. The molecule has 1 heterocycles. The Morgan fingerprint density at radius 3 is 2.83 bits per heavy atom. The second kappa shape index (κ2) is 5.41.